The molecule has 16 heavy (non-hydrogen) atoms. The van der Waals surface area contributed by atoms with Gasteiger partial charge in [-0.2, -0.15) is 0 Å². The van der Waals surface area contributed by atoms with Crippen LogP contribution in [0.25, 0.3) is 0 Å². The second kappa shape index (κ2) is 5.30. The lowest BCUT2D eigenvalue weighted by Crippen LogP contribution is -2.37. The zero-order valence-corrected chi connectivity index (χ0v) is 10.5. The maximum Gasteiger partial charge on any atom is 0.169 e. The van der Waals surface area contributed by atoms with Crippen molar-refractivity contribution < 1.29 is 0 Å². The van der Waals surface area contributed by atoms with E-state index in [1.54, 1.807) is 0 Å². The zero-order valence-electron chi connectivity index (χ0n) is 9.65. The monoisotopic (exact) mass is 234 g/mol. The Morgan fingerprint density at radius 1 is 1.44 bits per heavy atom. The highest BCUT2D eigenvalue weighted by Gasteiger charge is 2.20. The summed E-state index contributed by atoms with van der Waals surface area (Å²) in [6.07, 6.45) is 1.26. The van der Waals surface area contributed by atoms with Crippen LogP contribution in [0.2, 0.25) is 0 Å². The molecule has 0 spiro atoms. The Bertz CT molecular complexity index is 350. The van der Waals surface area contributed by atoms with E-state index in [4.69, 9.17) is 12.2 Å². The fraction of sp³-hybridized carbons (Fsp3) is 0.462. The number of thiocarbonyl (C=S) groups is 1. The Balaban J connectivity index is 1.80. The van der Waals surface area contributed by atoms with Crippen molar-refractivity contribution in [3.63, 3.8) is 0 Å². The molecule has 0 aliphatic carbocycles. The summed E-state index contributed by atoms with van der Waals surface area (Å²) < 4.78 is 0. The van der Waals surface area contributed by atoms with Crippen molar-refractivity contribution in [1.82, 2.24) is 10.2 Å². The van der Waals surface area contributed by atoms with Gasteiger partial charge in [0.15, 0.2) is 5.11 Å². The summed E-state index contributed by atoms with van der Waals surface area (Å²) in [4.78, 5) is 2.27. The molecule has 1 saturated heterocycles. The molecule has 1 unspecified atom stereocenters. The Kier molecular flexibility index (Phi) is 3.78. The maximum atomic E-state index is 5.38. The van der Waals surface area contributed by atoms with Gasteiger partial charge in [-0.15, -0.1) is 0 Å². The second-order valence-electron chi connectivity index (χ2n) is 4.48. The molecule has 2 nitrogen and oxygen atoms in total. The first kappa shape index (κ1) is 11.4. The molecule has 86 valence electrons. The van der Waals surface area contributed by atoms with Gasteiger partial charge in [-0.25, -0.2) is 0 Å². The van der Waals surface area contributed by atoms with Gasteiger partial charge in [0.25, 0.3) is 0 Å². The maximum absolute atomic E-state index is 5.38. The van der Waals surface area contributed by atoms with E-state index in [-0.39, 0.29) is 0 Å². The van der Waals surface area contributed by atoms with Gasteiger partial charge >= 0.3 is 0 Å². The molecule has 1 aliphatic rings. The Morgan fingerprint density at radius 3 is 2.81 bits per heavy atom. The summed E-state index contributed by atoms with van der Waals surface area (Å²) in [5, 5.41) is 4.22. The third-order valence-electron chi connectivity index (χ3n) is 3.00. The van der Waals surface area contributed by atoms with Crippen LogP contribution in [-0.4, -0.2) is 23.1 Å². The number of likely N-dealkylation sites (tertiary alicyclic amines) is 1. The van der Waals surface area contributed by atoms with E-state index in [9.17, 15) is 0 Å². The van der Waals surface area contributed by atoms with Crippen molar-refractivity contribution in [2.45, 2.75) is 19.9 Å². The van der Waals surface area contributed by atoms with E-state index in [1.165, 1.54) is 12.0 Å². The van der Waals surface area contributed by atoms with E-state index in [1.807, 2.05) is 6.07 Å². The molecular formula is C13H18N2S. The minimum atomic E-state index is 0.775. The van der Waals surface area contributed by atoms with Crippen molar-refractivity contribution in [1.29, 1.82) is 0 Å². The number of nitrogens with one attached hydrogen (secondary N) is 1. The number of hydrogen-bond donors (Lipinski definition) is 1. The summed E-state index contributed by atoms with van der Waals surface area (Å²) in [5.41, 5.74) is 1.28. The molecule has 0 radical (unpaired) electrons. The summed E-state index contributed by atoms with van der Waals surface area (Å²) in [7, 11) is 0. The first-order valence-corrected chi connectivity index (χ1v) is 6.23. The standard InChI is InChI=1S/C13H18N2S/c1-11-7-8-15(10-11)13(16)14-9-12-5-3-2-4-6-12/h2-6,11H,7-10H2,1H3,(H,14,16). The topological polar surface area (TPSA) is 15.3 Å². The summed E-state index contributed by atoms with van der Waals surface area (Å²) in [5.74, 6) is 0.775. The fourth-order valence-corrected chi connectivity index (χ4v) is 2.24. The van der Waals surface area contributed by atoms with Crippen LogP contribution in [0.4, 0.5) is 0 Å². The SMILES string of the molecule is CC1CCN(C(=S)NCc2ccccc2)C1. The van der Waals surface area contributed by atoms with Crippen LogP contribution in [0.15, 0.2) is 30.3 Å². The van der Waals surface area contributed by atoms with Crippen molar-refractivity contribution in [2.24, 2.45) is 5.92 Å². The molecule has 0 saturated carbocycles. The van der Waals surface area contributed by atoms with Gasteiger partial charge in [0.2, 0.25) is 0 Å². The van der Waals surface area contributed by atoms with Crippen LogP contribution < -0.4 is 5.32 Å². The molecule has 1 N–H and O–H groups in total. The molecule has 1 aromatic carbocycles. The third-order valence-corrected chi connectivity index (χ3v) is 3.40. The van der Waals surface area contributed by atoms with E-state index >= 15 is 0 Å². The lowest BCUT2D eigenvalue weighted by atomic mass is 10.2. The highest BCUT2D eigenvalue weighted by Crippen LogP contribution is 2.14. The molecule has 1 atom stereocenters. The van der Waals surface area contributed by atoms with Gasteiger partial charge < -0.3 is 10.2 Å². The van der Waals surface area contributed by atoms with Crippen LogP contribution in [0.5, 0.6) is 0 Å². The predicted octanol–water partition coefficient (Wildman–Crippen LogP) is 2.40. The predicted molar refractivity (Wildman–Crippen MR) is 71.2 cm³/mol. The van der Waals surface area contributed by atoms with Crippen LogP contribution in [0.3, 0.4) is 0 Å². The Morgan fingerprint density at radius 2 is 2.19 bits per heavy atom. The van der Waals surface area contributed by atoms with E-state index in [0.29, 0.717) is 0 Å². The average molecular weight is 234 g/mol. The van der Waals surface area contributed by atoms with Crippen molar-refractivity contribution in [3.8, 4) is 0 Å². The summed E-state index contributed by atoms with van der Waals surface area (Å²) in [6.45, 7) is 5.30. The molecule has 0 amide bonds. The van der Waals surface area contributed by atoms with Crippen LogP contribution in [0, 0.1) is 5.92 Å². The largest absolute Gasteiger partial charge is 0.358 e. The van der Waals surface area contributed by atoms with Gasteiger partial charge in [-0.1, -0.05) is 37.3 Å². The van der Waals surface area contributed by atoms with Crippen LogP contribution in [0.1, 0.15) is 18.9 Å². The Labute approximate surface area is 103 Å². The smallest absolute Gasteiger partial charge is 0.169 e. The summed E-state index contributed by atoms with van der Waals surface area (Å²) >= 11 is 5.38. The highest BCUT2D eigenvalue weighted by atomic mass is 32.1. The van der Waals surface area contributed by atoms with Crippen molar-refractivity contribution in [2.75, 3.05) is 13.1 Å². The fourth-order valence-electron chi connectivity index (χ4n) is 2.00. The Hall–Kier alpha value is -1.09. The number of rotatable bonds is 2. The van der Waals surface area contributed by atoms with E-state index in [2.05, 4.69) is 41.4 Å². The normalized spacial score (nSPS) is 19.8. The first-order chi connectivity index (χ1) is 7.75. The molecule has 3 heteroatoms. The average Bonchev–Trinajstić information content (AvgIpc) is 2.74. The molecule has 0 bridgehead atoms. The third kappa shape index (κ3) is 2.95. The highest BCUT2D eigenvalue weighted by molar-refractivity contribution is 7.80. The van der Waals surface area contributed by atoms with Gasteiger partial charge in [-0.05, 0) is 30.1 Å². The number of benzene rings is 1. The van der Waals surface area contributed by atoms with Crippen molar-refractivity contribution in [3.05, 3.63) is 35.9 Å². The van der Waals surface area contributed by atoms with Gasteiger partial charge in [0, 0.05) is 19.6 Å². The second-order valence-corrected chi connectivity index (χ2v) is 4.87. The van der Waals surface area contributed by atoms with Gasteiger partial charge in [0.05, 0.1) is 0 Å². The quantitative estimate of drug-likeness (QED) is 0.791. The lowest BCUT2D eigenvalue weighted by Gasteiger charge is -2.20. The van der Waals surface area contributed by atoms with Crippen LogP contribution in [-0.2, 0) is 6.54 Å². The van der Waals surface area contributed by atoms with Gasteiger partial charge in [-0.3, -0.25) is 0 Å². The number of nitrogens with zero attached hydrogens (tertiary/aromatic N) is 1. The van der Waals surface area contributed by atoms with Crippen LogP contribution >= 0.6 is 12.2 Å². The zero-order chi connectivity index (χ0) is 11.4. The molecule has 1 aliphatic heterocycles. The van der Waals surface area contributed by atoms with Gasteiger partial charge in [0.1, 0.15) is 0 Å². The molecule has 1 heterocycles. The lowest BCUT2D eigenvalue weighted by molar-refractivity contribution is 0.483. The minimum absolute atomic E-state index is 0.775. The molecule has 1 aromatic rings. The number of hydrogen-bond acceptors (Lipinski definition) is 1. The first-order valence-electron chi connectivity index (χ1n) is 5.82. The molecule has 1 fully saturated rings. The summed E-state index contributed by atoms with van der Waals surface area (Å²) in [6, 6.07) is 10.4. The van der Waals surface area contributed by atoms with Crippen molar-refractivity contribution >= 4 is 17.3 Å². The molecule has 0 aromatic heterocycles. The van der Waals surface area contributed by atoms with E-state index < -0.39 is 0 Å². The minimum Gasteiger partial charge on any atom is -0.358 e. The molecule has 2 rings (SSSR count). The van der Waals surface area contributed by atoms with E-state index in [0.717, 1.165) is 30.7 Å². The molecular weight excluding hydrogens is 216 g/mol.